The Bertz CT molecular complexity index is 499. The van der Waals surface area contributed by atoms with Crippen LogP contribution < -0.4 is 10.5 Å². The third-order valence-corrected chi connectivity index (χ3v) is 3.07. The van der Waals surface area contributed by atoms with E-state index in [0.29, 0.717) is 5.75 Å². The normalized spacial score (nSPS) is 12.2. The smallest absolute Gasteiger partial charge is 0.142 e. The zero-order chi connectivity index (χ0) is 12.3. The van der Waals surface area contributed by atoms with Gasteiger partial charge in [0.2, 0.25) is 0 Å². The summed E-state index contributed by atoms with van der Waals surface area (Å²) in [4.78, 5) is 4.29. The number of ether oxygens (including phenoxy) is 1. The zero-order valence-corrected chi connectivity index (χ0v) is 11.0. The van der Waals surface area contributed by atoms with E-state index >= 15 is 0 Å². The van der Waals surface area contributed by atoms with Gasteiger partial charge in [0.1, 0.15) is 11.4 Å². The summed E-state index contributed by atoms with van der Waals surface area (Å²) in [6, 6.07) is 11.3. The second kappa shape index (κ2) is 5.29. The molecule has 3 nitrogen and oxygen atoms in total. The maximum absolute atomic E-state index is 6.18. The first kappa shape index (κ1) is 12.1. The van der Waals surface area contributed by atoms with Gasteiger partial charge in [-0.3, -0.25) is 4.98 Å². The quantitative estimate of drug-likeness (QED) is 0.946. The van der Waals surface area contributed by atoms with Gasteiger partial charge in [-0.05, 0) is 29.8 Å². The maximum atomic E-state index is 6.18. The SMILES string of the molecule is COc1cccnc1C(N)c1ccc(Br)cc1. The fraction of sp³-hybridized carbons (Fsp3) is 0.154. The van der Waals surface area contributed by atoms with Crippen molar-refractivity contribution in [1.82, 2.24) is 4.98 Å². The Morgan fingerprint density at radius 1 is 1.24 bits per heavy atom. The molecule has 4 heteroatoms. The lowest BCUT2D eigenvalue weighted by Crippen LogP contribution is -2.14. The molecule has 1 atom stereocenters. The molecule has 0 aliphatic heterocycles. The molecular formula is C13H13BrN2O. The van der Waals surface area contributed by atoms with Crippen molar-refractivity contribution in [1.29, 1.82) is 0 Å². The third-order valence-electron chi connectivity index (χ3n) is 2.54. The molecule has 1 heterocycles. The van der Waals surface area contributed by atoms with Gasteiger partial charge >= 0.3 is 0 Å². The molecule has 2 N–H and O–H groups in total. The van der Waals surface area contributed by atoms with E-state index in [1.165, 1.54) is 0 Å². The summed E-state index contributed by atoms with van der Waals surface area (Å²) in [5.74, 6) is 0.711. The molecule has 2 aromatic rings. The molecule has 0 fully saturated rings. The first-order valence-corrected chi connectivity index (χ1v) is 6.01. The fourth-order valence-electron chi connectivity index (χ4n) is 1.64. The Morgan fingerprint density at radius 2 is 1.94 bits per heavy atom. The maximum Gasteiger partial charge on any atom is 0.142 e. The molecule has 2 rings (SSSR count). The molecule has 0 aliphatic carbocycles. The fourth-order valence-corrected chi connectivity index (χ4v) is 1.90. The Kier molecular flexibility index (Phi) is 3.76. The summed E-state index contributed by atoms with van der Waals surface area (Å²) in [6.07, 6.45) is 1.72. The van der Waals surface area contributed by atoms with E-state index in [0.717, 1.165) is 15.7 Å². The average Bonchev–Trinajstić information content (AvgIpc) is 2.39. The van der Waals surface area contributed by atoms with E-state index in [4.69, 9.17) is 10.5 Å². The van der Waals surface area contributed by atoms with Crippen molar-refractivity contribution in [3.8, 4) is 5.75 Å². The molecule has 0 radical (unpaired) electrons. The van der Waals surface area contributed by atoms with Crippen molar-refractivity contribution in [2.45, 2.75) is 6.04 Å². The Hall–Kier alpha value is -1.39. The van der Waals surface area contributed by atoms with E-state index in [9.17, 15) is 0 Å². The summed E-state index contributed by atoms with van der Waals surface area (Å²) < 4.78 is 6.29. The molecule has 0 aliphatic rings. The summed E-state index contributed by atoms with van der Waals surface area (Å²) in [5, 5.41) is 0. The standard InChI is InChI=1S/C13H13BrN2O/c1-17-11-3-2-8-16-13(11)12(15)9-4-6-10(14)7-5-9/h2-8,12H,15H2,1H3. The van der Waals surface area contributed by atoms with Gasteiger partial charge in [0.15, 0.2) is 0 Å². The second-order valence-electron chi connectivity index (χ2n) is 3.62. The summed E-state index contributed by atoms with van der Waals surface area (Å²) in [6.45, 7) is 0. The molecule has 0 spiro atoms. The number of aromatic nitrogens is 1. The van der Waals surface area contributed by atoms with Crippen molar-refractivity contribution in [3.63, 3.8) is 0 Å². The Labute approximate surface area is 109 Å². The van der Waals surface area contributed by atoms with Crippen LogP contribution in [0.2, 0.25) is 0 Å². The molecule has 0 saturated carbocycles. The van der Waals surface area contributed by atoms with Crippen LogP contribution in [0.15, 0.2) is 47.1 Å². The highest BCUT2D eigenvalue weighted by Gasteiger charge is 2.14. The molecule has 1 aromatic heterocycles. The van der Waals surface area contributed by atoms with Crippen molar-refractivity contribution < 1.29 is 4.74 Å². The van der Waals surface area contributed by atoms with Crippen LogP contribution in [-0.2, 0) is 0 Å². The second-order valence-corrected chi connectivity index (χ2v) is 4.54. The van der Waals surface area contributed by atoms with Gasteiger partial charge in [0.05, 0.1) is 13.2 Å². The van der Waals surface area contributed by atoms with Crippen molar-refractivity contribution in [3.05, 3.63) is 58.3 Å². The van der Waals surface area contributed by atoms with Gasteiger partial charge in [-0.25, -0.2) is 0 Å². The molecular weight excluding hydrogens is 280 g/mol. The number of methoxy groups -OCH3 is 1. The van der Waals surface area contributed by atoms with Gasteiger partial charge in [-0.2, -0.15) is 0 Å². The van der Waals surface area contributed by atoms with Gasteiger partial charge in [0, 0.05) is 10.7 Å². The summed E-state index contributed by atoms with van der Waals surface area (Å²) in [5.41, 5.74) is 7.94. The highest BCUT2D eigenvalue weighted by Crippen LogP contribution is 2.26. The van der Waals surface area contributed by atoms with Crippen LogP contribution >= 0.6 is 15.9 Å². The van der Waals surface area contributed by atoms with E-state index in [1.54, 1.807) is 13.3 Å². The molecule has 0 saturated heterocycles. The number of hydrogen-bond acceptors (Lipinski definition) is 3. The predicted molar refractivity (Wildman–Crippen MR) is 71.0 cm³/mol. The van der Waals surface area contributed by atoms with Crippen LogP contribution in [0.5, 0.6) is 5.75 Å². The first-order chi connectivity index (χ1) is 8.22. The summed E-state index contributed by atoms with van der Waals surface area (Å²) in [7, 11) is 1.62. The van der Waals surface area contributed by atoms with Crippen LogP contribution in [0.4, 0.5) is 0 Å². The minimum atomic E-state index is -0.278. The van der Waals surface area contributed by atoms with Crippen molar-refractivity contribution in [2.75, 3.05) is 7.11 Å². The molecule has 0 amide bonds. The average molecular weight is 293 g/mol. The Morgan fingerprint density at radius 3 is 2.59 bits per heavy atom. The number of halogens is 1. The minimum Gasteiger partial charge on any atom is -0.495 e. The zero-order valence-electron chi connectivity index (χ0n) is 9.43. The largest absolute Gasteiger partial charge is 0.495 e. The lowest BCUT2D eigenvalue weighted by atomic mass is 10.0. The number of nitrogens with zero attached hydrogens (tertiary/aromatic N) is 1. The van der Waals surface area contributed by atoms with E-state index < -0.39 is 0 Å². The number of hydrogen-bond donors (Lipinski definition) is 1. The Balaban J connectivity index is 2.36. The monoisotopic (exact) mass is 292 g/mol. The van der Waals surface area contributed by atoms with Crippen LogP contribution in [0, 0.1) is 0 Å². The van der Waals surface area contributed by atoms with Crippen LogP contribution in [0.3, 0.4) is 0 Å². The molecule has 1 unspecified atom stereocenters. The van der Waals surface area contributed by atoms with Gasteiger partial charge in [-0.1, -0.05) is 28.1 Å². The van der Waals surface area contributed by atoms with Crippen LogP contribution in [0.1, 0.15) is 17.3 Å². The first-order valence-electron chi connectivity index (χ1n) is 5.22. The molecule has 17 heavy (non-hydrogen) atoms. The number of rotatable bonds is 3. The van der Waals surface area contributed by atoms with Crippen LogP contribution in [0.25, 0.3) is 0 Å². The number of nitrogens with two attached hydrogens (primary N) is 1. The lowest BCUT2D eigenvalue weighted by molar-refractivity contribution is 0.404. The highest BCUT2D eigenvalue weighted by atomic mass is 79.9. The van der Waals surface area contributed by atoms with E-state index in [-0.39, 0.29) is 6.04 Å². The number of pyridine rings is 1. The molecule has 1 aromatic carbocycles. The lowest BCUT2D eigenvalue weighted by Gasteiger charge is -2.14. The summed E-state index contributed by atoms with van der Waals surface area (Å²) >= 11 is 3.40. The van der Waals surface area contributed by atoms with Crippen molar-refractivity contribution in [2.24, 2.45) is 5.73 Å². The van der Waals surface area contributed by atoms with Gasteiger partial charge in [-0.15, -0.1) is 0 Å². The topological polar surface area (TPSA) is 48.1 Å². The molecule has 0 bridgehead atoms. The minimum absolute atomic E-state index is 0.278. The van der Waals surface area contributed by atoms with Gasteiger partial charge in [0.25, 0.3) is 0 Å². The number of benzene rings is 1. The van der Waals surface area contributed by atoms with E-state index in [1.807, 2.05) is 36.4 Å². The van der Waals surface area contributed by atoms with Gasteiger partial charge < -0.3 is 10.5 Å². The third kappa shape index (κ3) is 2.65. The van der Waals surface area contributed by atoms with E-state index in [2.05, 4.69) is 20.9 Å². The van der Waals surface area contributed by atoms with Crippen LogP contribution in [-0.4, -0.2) is 12.1 Å². The highest BCUT2D eigenvalue weighted by molar-refractivity contribution is 9.10. The molecule has 88 valence electrons. The van der Waals surface area contributed by atoms with Crippen molar-refractivity contribution >= 4 is 15.9 Å². The predicted octanol–water partition coefficient (Wildman–Crippen LogP) is 2.90.